The van der Waals surface area contributed by atoms with Gasteiger partial charge in [-0.05, 0) is 18.9 Å². The SMILES string of the molecule is CCC(N)(CC)CNS(=O)(=O)c1ccc(OCC(F)(F)F)nc1. The number of pyridine rings is 1. The highest BCUT2D eigenvalue weighted by Gasteiger charge is 2.29. The Labute approximate surface area is 133 Å². The first-order chi connectivity index (χ1) is 10.5. The summed E-state index contributed by atoms with van der Waals surface area (Å²) in [6.07, 6.45) is -2.37. The van der Waals surface area contributed by atoms with Crippen molar-refractivity contribution in [2.45, 2.75) is 43.3 Å². The molecule has 132 valence electrons. The number of nitrogens with one attached hydrogen (secondary N) is 1. The Balaban J connectivity index is 2.74. The van der Waals surface area contributed by atoms with Crippen molar-refractivity contribution in [3.63, 3.8) is 0 Å². The largest absolute Gasteiger partial charge is 0.468 e. The summed E-state index contributed by atoms with van der Waals surface area (Å²) in [5.74, 6) is -0.309. The van der Waals surface area contributed by atoms with E-state index in [1.54, 1.807) is 0 Å². The van der Waals surface area contributed by atoms with Crippen LogP contribution < -0.4 is 15.2 Å². The van der Waals surface area contributed by atoms with Crippen molar-refractivity contribution < 1.29 is 26.3 Å². The minimum atomic E-state index is -4.49. The van der Waals surface area contributed by atoms with Crippen LogP contribution in [-0.4, -0.2) is 38.3 Å². The van der Waals surface area contributed by atoms with Gasteiger partial charge in [0.2, 0.25) is 15.9 Å². The lowest BCUT2D eigenvalue weighted by atomic mass is 9.95. The van der Waals surface area contributed by atoms with Gasteiger partial charge in [-0.25, -0.2) is 18.1 Å². The quantitative estimate of drug-likeness (QED) is 0.742. The summed E-state index contributed by atoms with van der Waals surface area (Å²) in [5.41, 5.74) is 5.36. The van der Waals surface area contributed by atoms with E-state index >= 15 is 0 Å². The van der Waals surface area contributed by atoms with Crippen LogP contribution in [0.25, 0.3) is 0 Å². The fourth-order valence-corrected chi connectivity index (χ4v) is 2.67. The molecule has 1 aromatic heterocycles. The highest BCUT2D eigenvalue weighted by molar-refractivity contribution is 7.89. The van der Waals surface area contributed by atoms with Crippen LogP contribution in [-0.2, 0) is 10.0 Å². The summed E-state index contributed by atoms with van der Waals surface area (Å²) in [5, 5.41) is 0. The number of nitrogens with zero attached hydrogens (tertiary/aromatic N) is 1. The molecule has 1 aromatic rings. The van der Waals surface area contributed by atoms with E-state index in [-0.39, 0.29) is 17.3 Å². The Kier molecular flexibility index (Phi) is 6.37. The van der Waals surface area contributed by atoms with Crippen LogP contribution in [0.5, 0.6) is 5.88 Å². The lowest BCUT2D eigenvalue weighted by molar-refractivity contribution is -0.154. The highest BCUT2D eigenvalue weighted by Crippen LogP contribution is 2.18. The van der Waals surface area contributed by atoms with E-state index in [0.29, 0.717) is 12.8 Å². The fourth-order valence-electron chi connectivity index (χ4n) is 1.59. The second-order valence-electron chi connectivity index (χ2n) is 5.13. The van der Waals surface area contributed by atoms with E-state index < -0.39 is 28.3 Å². The maximum atomic E-state index is 12.1. The molecule has 0 atom stereocenters. The van der Waals surface area contributed by atoms with Crippen molar-refractivity contribution >= 4 is 10.0 Å². The van der Waals surface area contributed by atoms with Crippen LogP contribution in [0.3, 0.4) is 0 Å². The Bertz CT molecular complexity index is 599. The average molecular weight is 355 g/mol. The Morgan fingerprint density at radius 1 is 1.26 bits per heavy atom. The average Bonchev–Trinajstić information content (AvgIpc) is 2.50. The number of halogens is 3. The molecule has 0 fully saturated rings. The van der Waals surface area contributed by atoms with Gasteiger partial charge < -0.3 is 10.5 Å². The lowest BCUT2D eigenvalue weighted by Crippen LogP contribution is -2.49. The molecule has 0 saturated carbocycles. The molecule has 10 heteroatoms. The minimum Gasteiger partial charge on any atom is -0.468 e. The molecule has 3 N–H and O–H groups in total. The molecule has 23 heavy (non-hydrogen) atoms. The van der Waals surface area contributed by atoms with Gasteiger partial charge in [0.05, 0.1) is 6.20 Å². The first-order valence-corrected chi connectivity index (χ1v) is 8.44. The minimum absolute atomic E-state index is 0.0503. The van der Waals surface area contributed by atoms with Crippen molar-refractivity contribution in [2.75, 3.05) is 13.2 Å². The number of ether oxygens (including phenoxy) is 1. The first-order valence-electron chi connectivity index (χ1n) is 6.95. The third kappa shape index (κ3) is 6.32. The molecule has 0 spiro atoms. The summed E-state index contributed by atoms with van der Waals surface area (Å²) in [6.45, 7) is 2.26. The van der Waals surface area contributed by atoms with Gasteiger partial charge in [-0.15, -0.1) is 0 Å². The zero-order valence-electron chi connectivity index (χ0n) is 12.9. The van der Waals surface area contributed by atoms with E-state index in [1.165, 1.54) is 0 Å². The van der Waals surface area contributed by atoms with Crippen LogP contribution in [0, 0.1) is 0 Å². The van der Waals surface area contributed by atoms with E-state index in [4.69, 9.17) is 5.73 Å². The molecule has 0 aromatic carbocycles. The summed E-state index contributed by atoms with van der Waals surface area (Å²) < 4.78 is 67.1. The van der Waals surface area contributed by atoms with E-state index in [9.17, 15) is 21.6 Å². The summed E-state index contributed by atoms with van der Waals surface area (Å²) in [4.78, 5) is 3.39. The molecular formula is C13H20F3N3O3S. The molecule has 0 saturated heterocycles. The summed E-state index contributed by atoms with van der Waals surface area (Å²) in [7, 11) is -3.84. The van der Waals surface area contributed by atoms with Crippen molar-refractivity contribution in [1.82, 2.24) is 9.71 Å². The monoisotopic (exact) mass is 355 g/mol. The number of nitrogens with two attached hydrogens (primary N) is 1. The lowest BCUT2D eigenvalue weighted by Gasteiger charge is -2.26. The van der Waals surface area contributed by atoms with E-state index in [0.717, 1.165) is 18.3 Å². The predicted molar refractivity (Wildman–Crippen MR) is 78.5 cm³/mol. The zero-order chi connectivity index (χ0) is 17.7. The van der Waals surface area contributed by atoms with Crippen LogP contribution >= 0.6 is 0 Å². The number of alkyl halides is 3. The maximum absolute atomic E-state index is 12.1. The van der Waals surface area contributed by atoms with Gasteiger partial charge in [0.15, 0.2) is 6.61 Å². The Hall–Kier alpha value is -1.39. The van der Waals surface area contributed by atoms with Gasteiger partial charge in [-0.2, -0.15) is 13.2 Å². The number of hydrogen-bond acceptors (Lipinski definition) is 5. The van der Waals surface area contributed by atoms with Crippen LogP contribution in [0.1, 0.15) is 26.7 Å². The van der Waals surface area contributed by atoms with Gasteiger partial charge in [0.1, 0.15) is 4.90 Å². The highest BCUT2D eigenvalue weighted by atomic mass is 32.2. The predicted octanol–water partition coefficient (Wildman–Crippen LogP) is 1.82. The van der Waals surface area contributed by atoms with Gasteiger partial charge in [0, 0.05) is 18.2 Å². The van der Waals surface area contributed by atoms with Crippen molar-refractivity contribution in [3.8, 4) is 5.88 Å². The Morgan fingerprint density at radius 2 is 1.87 bits per heavy atom. The van der Waals surface area contributed by atoms with Crippen LogP contribution in [0.2, 0.25) is 0 Å². The molecule has 1 rings (SSSR count). The number of sulfonamides is 1. The van der Waals surface area contributed by atoms with Crippen LogP contribution in [0.15, 0.2) is 23.2 Å². The third-order valence-corrected chi connectivity index (χ3v) is 4.81. The molecule has 0 aliphatic heterocycles. The molecule has 0 unspecified atom stereocenters. The molecule has 0 amide bonds. The molecule has 0 aliphatic rings. The molecular weight excluding hydrogens is 335 g/mol. The number of hydrogen-bond donors (Lipinski definition) is 2. The molecule has 0 bridgehead atoms. The van der Waals surface area contributed by atoms with Gasteiger partial charge in [-0.1, -0.05) is 13.8 Å². The second kappa shape index (κ2) is 7.45. The van der Waals surface area contributed by atoms with E-state index in [2.05, 4.69) is 14.4 Å². The number of aromatic nitrogens is 1. The standard InChI is InChI=1S/C13H20F3N3O3S/c1-3-12(17,4-2)8-19-23(20,21)10-5-6-11(18-7-10)22-9-13(14,15)16/h5-7,19H,3-4,8-9,17H2,1-2H3. The normalized spacial score (nSPS) is 13.1. The smallest absolute Gasteiger partial charge is 0.422 e. The van der Waals surface area contributed by atoms with Crippen molar-refractivity contribution in [2.24, 2.45) is 5.73 Å². The van der Waals surface area contributed by atoms with Crippen molar-refractivity contribution in [3.05, 3.63) is 18.3 Å². The van der Waals surface area contributed by atoms with Crippen molar-refractivity contribution in [1.29, 1.82) is 0 Å². The second-order valence-corrected chi connectivity index (χ2v) is 6.90. The molecule has 1 heterocycles. The fraction of sp³-hybridized carbons (Fsp3) is 0.615. The van der Waals surface area contributed by atoms with Gasteiger partial charge in [-0.3, -0.25) is 0 Å². The third-order valence-electron chi connectivity index (χ3n) is 3.43. The molecule has 0 radical (unpaired) electrons. The van der Waals surface area contributed by atoms with Crippen LogP contribution in [0.4, 0.5) is 13.2 Å². The zero-order valence-corrected chi connectivity index (χ0v) is 13.7. The molecule has 6 nitrogen and oxygen atoms in total. The van der Waals surface area contributed by atoms with Gasteiger partial charge in [0.25, 0.3) is 0 Å². The molecule has 0 aliphatic carbocycles. The number of rotatable bonds is 8. The Morgan fingerprint density at radius 3 is 2.30 bits per heavy atom. The van der Waals surface area contributed by atoms with E-state index in [1.807, 2.05) is 13.8 Å². The summed E-state index contributed by atoms with van der Waals surface area (Å²) >= 11 is 0. The van der Waals surface area contributed by atoms with Gasteiger partial charge >= 0.3 is 6.18 Å². The maximum Gasteiger partial charge on any atom is 0.422 e. The first kappa shape index (κ1) is 19.7. The summed E-state index contributed by atoms with van der Waals surface area (Å²) in [6, 6.07) is 2.19. The topological polar surface area (TPSA) is 94.3 Å².